The minimum Gasteiger partial charge on any atom is -0.378 e. The molecule has 2 amide bonds. The Hall–Kier alpha value is -2.46. The summed E-state index contributed by atoms with van der Waals surface area (Å²) in [4.78, 5) is 30.3. The first-order chi connectivity index (χ1) is 14.4. The van der Waals surface area contributed by atoms with Crippen LogP contribution in [-0.4, -0.2) is 82.3 Å². The first-order valence-corrected chi connectivity index (χ1v) is 11.7. The van der Waals surface area contributed by atoms with Crippen LogP contribution in [0.5, 0.6) is 0 Å². The molecule has 3 aliphatic rings. The van der Waals surface area contributed by atoms with Crippen molar-refractivity contribution in [1.29, 1.82) is 0 Å². The maximum atomic E-state index is 12.9. The Balaban J connectivity index is 1.55. The average Bonchev–Trinajstić information content (AvgIpc) is 2.98. The summed E-state index contributed by atoms with van der Waals surface area (Å²) >= 11 is 0. The van der Waals surface area contributed by atoms with Gasteiger partial charge >= 0.3 is 0 Å². The highest BCUT2D eigenvalue weighted by molar-refractivity contribution is 7.90. The van der Waals surface area contributed by atoms with Crippen molar-refractivity contribution in [2.75, 3.05) is 51.3 Å². The monoisotopic (exact) mass is 434 g/mol. The number of morpholine rings is 1. The van der Waals surface area contributed by atoms with Crippen molar-refractivity contribution >= 4 is 33.4 Å². The lowest BCUT2D eigenvalue weighted by Crippen LogP contribution is -2.46. The van der Waals surface area contributed by atoms with Gasteiger partial charge in [-0.2, -0.15) is 8.42 Å². The molecule has 3 aliphatic heterocycles. The number of ether oxygens (including phenoxy) is 1. The molecule has 2 saturated heterocycles. The van der Waals surface area contributed by atoms with E-state index in [1.54, 1.807) is 24.1 Å². The van der Waals surface area contributed by atoms with Gasteiger partial charge < -0.3 is 19.4 Å². The zero-order chi connectivity index (χ0) is 21.3. The van der Waals surface area contributed by atoms with E-state index in [1.807, 2.05) is 4.90 Å². The van der Waals surface area contributed by atoms with E-state index in [4.69, 9.17) is 4.74 Å². The van der Waals surface area contributed by atoms with E-state index in [2.05, 4.69) is 4.40 Å². The lowest BCUT2D eigenvalue weighted by atomic mass is 10.1. The molecule has 162 valence electrons. The molecule has 4 rings (SSSR count). The van der Waals surface area contributed by atoms with E-state index in [0.717, 1.165) is 19.3 Å². The molecule has 0 bridgehead atoms. The molecule has 0 spiro atoms. The van der Waals surface area contributed by atoms with Crippen molar-refractivity contribution in [2.24, 2.45) is 4.40 Å². The van der Waals surface area contributed by atoms with E-state index in [9.17, 15) is 18.0 Å². The van der Waals surface area contributed by atoms with Gasteiger partial charge in [0.2, 0.25) is 5.91 Å². The van der Waals surface area contributed by atoms with Crippen LogP contribution in [0.4, 0.5) is 5.69 Å². The van der Waals surface area contributed by atoms with Gasteiger partial charge in [-0.15, -0.1) is 4.40 Å². The van der Waals surface area contributed by atoms with Crippen LogP contribution in [0, 0.1) is 0 Å². The SMILES string of the molecule is CN(CC(=O)N1CCOCC1)C(=O)c1ccc2c(c1)S(=O)(=O)N=C1CCCCCN12. The van der Waals surface area contributed by atoms with Crippen LogP contribution < -0.4 is 4.90 Å². The Kier molecular flexibility index (Phi) is 5.79. The average molecular weight is 435 g/mol. The maximum Gasteiger partial charge on any atom is 0.286 e. The van der Waals surface area contributed by atoms with Crippen molar-refractivity contribution in [3.8, 4) is 0 Å². The Bertz CT molecular complexity index is 985. The molecule has 3 heterocycles. The highest BCUT2D eigenvalue weighted by Gasteiger charge is 2.32. The fraction of sp³-hybridized carbons (Fsp3) is 0.550. The van der Waals surface area contributed by atoms with E-state index >= 15 is 0 Å². The summed E-state index contributed by atoms with van der Waals surface area (Å²) in [5.41, 5.74) is 0.800. The number of carbonyl (C=O) groups excluding carboxylic acids is 2. The molecule has 0 atom stereocenters. The van der Waals surface area contributed by atoms with Gasteiger partial charge in [0.1, 0.15) is 10.7 Å². The van der Waals surface area contributed by atoms with Crippen molar-refractivity contribution in [3.05, 3.63) is 23.8 Å². The number of likely N-dealkylation sites (N-methyl/N-ethyl adjacent to an activating group) is 1. The van der Waals surface area contributed by atoms with Gasteiger partial charge in [-0.25, -0.2) is 0 Å². The summed E-state index contributed by atoms with van der Waals surface area (Å²) in [6.45, 7) is 2.64. The van der Waals surface area contributed by atoms with Gasteiger partial charge in [-0.3, -0.25) is 9.59 Å². The molecule has 9 nitrogen and oxygen atoms in total. The summed E-state index contributed by atoms with van der Waals surface area (Å²) in [6, 6.07) is 4.69. The molecule has 0 saturated carbocycles. The third-order valence-electron chi connectivity index (χ3n) is 5.68. The van der Waals surface area contributed by atoms with Gasteiger partial charge in [0.15, 0.2) is 0 Å². The second-order valence-corrected chi connectivity index (χ2v) is 9.35. The number of rotatable bonds is 3. The van der Waals surface area contributed by atoms with E-state index in [0.29, 0.717) is 50.8 Å². The number of amidine groups is 1. The summed E-state index contributed by atoms with van der Waals surface area (Å²) < 4.78 is 34.8. The van der Waals surface area contributed by atoms with Crippen molar-refractivity contribution in [1.82, 2.24) is 9.80 Å². The summed E-state index contributed by atoms with van der Waals surface area (Å²) in [5, 5.41) is 0. The predicted octanol–water partition coefficient (Wildman–Crippen LogP) is 1.10. The summed E-state index contributed by atoms with van der Waals surface area (Å²) in [7, 11) is -2.32. The number of carbonyl (C=O) groups is 2. The molecule has 0 unspecified atom stereocenters. The van der Waals surface area contributed by atoms with Crippen LogP contribution in [0.3, 0.4) is 0 Å². The zero-order valence-corrected chi connectivity index (χ0v) is 17.9. The first-order valence-electron chi connectivity index (χ1n) is 10.2. The Morgan fingerprint density at radius 1 is 1.13 bits per heavy atom. The molecular weight excluding hydrogens is 408 g/mol. The van der Waals surface area contributed by atoms with Crippen LogP contribution in [0.15, 0.2) is 27.5 Å². The van der Waals surface area contributed by atoms with Crippen molar-refractivity contribution in [3.63, 3.8) is 0 Å². The third kappa shape index (κ3) is 4.06. The Labute approximate surface area is 176 Å². The van der Waals surface area contributed by atoms with Gasteiger partial charge in [0, 0.05) is 38.7 Å². The Morgan fingerprint density at radius 3 is 2.67 bits per heavy atom. The third-order valence-corrected chi connectivity index (χ3v) is 7.01. The predicted molar refractivity (Wildman–Crippen MR) is 111 cm³/mol. The van der Waals surface area contributed by atoms with Gasteiger partial charge in [0.05, 0.1) is 25.4 Å². The minimum absolute atomic E-state index is 0.0481. The molecule has 0 N–H and O–H groups in total. The molecule has 10 heteroatoms. The van der Waals surface area contributed by atoms with Crippen LogP contribution in [0.1, 0.15) is 36.0 Å². The number of sulfonamides is 1. The van der Waals surface area contributed by atoms with Crippen LogP contribution in [0.2, 0.25) is 0 Å². The molecule has 2 fully saturated rings. The summed E-state index contributed by atoms with van der Waals surface area (Å²) in [6.07, 6.45) is 3.54. The fourth-order valence-corrected chi connectivity index (χ4v) is 5.30. The number of fused-ring (bicyclic) bond motifs is 3. The van der Waals surface area contributed by atoms with Crippen LogP contribution in [-0.2, 0) is 19.6 Å². The van der Waals surface area contributed by atoms with Gasteiger partial charge in [-0.1, -0.05) is 6.42 Å². The molecule has 1 aromatic rings. The normalized spacial score (nSPS) is 20.5. The second-order valence-electron chi connectivity index (χ2n) is 7.78. The Morgan fingerprint density at radius 2 is 1.90 bits per heavy atom. The highest BCUT2D eigenvalue weighted by Crippen LogP contribution is 2.35. The lowest BCUT2D eigenvalue weighted by molar-refractivity contribution is -0.135. The van der Waals surface area contributed by atoms with E-state index in [-0.39, 0.29) is 22.9 Å². The van der Waals surface area contributed by atoms with Gasteiger partial charge in [0.25, 0.3) is 15.9 Å². The standard InChI is InChI=1S/C20H26N4O5S/c1-22(14-19(25)23-9-11-29-12-10-23)20(26)15-6-7-16-17(13-15)30(27,28)21-18-5-3-2-4-8-24(16)18/h6-7,13H,2-5,8-12,14H2,1H3. The van der Waals surface area contributed by atoms with E-state index in [1.165, 1.54) is 11.0 Å². The van der Waals surface area contributed by atoms with E-state index < -0.39 is 15.9 Å². The fourth-order valence-electron chi connectivity index (χ4n) is 4.02. The maximum absolute atomic E-state index is 12.9. The second kappa shape index (κ2) is 8.35. The van der Waals surface area contributed by atoms with Crippen molar-refractivity contribution in [2.45, 2.75) is 30.6 Å². The number of hydrogen-bond donors (Lipinski definition) is 0. The largest absolute Gasteiger partial charge is 0.378 e. The van der Waals surface area contributed by atoms with Crippen LogP contribution >= 0.6 is 0 Å². The smallest absolute Gasteiger partial charge is 0.286 e. The van der Waals surface area contributed by atoms with Crippen LogP contribution in [0.25, 0.3) is 0 Å². The molecule has 1 aromatic carbocycles. The van der Waals surface area contributed by atoms with Crippen molar-refractivity contribution < 1.29 is 22.7 Å². The highest BCUT2D eigenvalue weighted by atomic mass is 32.2. The molecule has 30 heavy (non-hydrogen) atoms. The molecular formula is C20H26N4O5S. The molecule has 0 aliphatic carbocycles. The number of hydrogen-bond acceptors (Lipinski definition) is 6. The number of nitrogens with zero attached hydrogens (tertiary/aromatic N) is 4. The topological polar surface area (TPSA) is 99.6 Å². The number of amides is 2. The minimum atomic E-state index is -3.86. The summed E-state index contributed by atoms with van der Waals surface area (Å²) in [5.74, 6) is 0.0195. The quantitative estimate of drug-likeness (QED) is 0.706. The first kappa shape index (κ1) is 20.8. The lowest BCUT2D eigenvalue weighted by Gasteiger charge is -2.30. The zero-order valence-electron chi connectivity index (χ0n) is 17.0. The number of benzene rings is 1. The molecule has 0 aromatic heterocycles. The van der Waals surface area contributed by atoms with Gasteiger partial charge in [-0.05, 0) is 31.0 Å². The molecule has 0 radical (unpaired) electrons. The number of anilines is 1.